The second-order valence-corrected chi connectivity index (χ2v) is 7.46. The van der Waals surface area contributed by atoms with Crippen LogP contribution < -0.4 is 10.5 Å². The molecule has 1 amide bonds. The van der Waals surface area contributed by atoms with E-state index >= 15 is 0 Å². The van der Waals surface area contributed by atoms with E-state index in [1.807, 2.05) is 19.2 Å². The van der Waals surface area contributed by atoms with Gasteiger partial charge in [-0.05, 0) is 62.0 Å². The topological polar surface area (TPSA) is 58.8 Å². The van der Waals surface area contributed by atoms with E-state index in [0.29, 0.717) is 26.2 Å². The van der Waals surface area contributed by atoms with E-state index < -0.39 is 0 Å². The van der Waals surface area contributed by atoms with Crippen LogP contribution in [0.5, 0.6) is 5.75 Å². The first-order valence-corrected chi connectivity index (χ1v) is 8.69. The van der Waals surface area contributed by atoms with Crippen molar-refractivity contribution in [3.8, 4) is 5.75 Å². The fourth-order valence-corrected chi connectivity index (χ4v) is 3.18. The van der Waals surface area contributed by atoms with Gasteiger partial charge < -0.3 is 15.4 Å². The third-order valence-corrected chi connectivity index (χ3v) is 4.80. The Balaban J connectivity index is 0.00000312. The first-order valence-electron chi connectivity index (χ1n) is 8.69. The lowest BCUT2D eigenvalue weighted by atomic mass is 9.90. The Morgan fingerprint density at radius 2 is 1.96 bits per heavy atom. The van der Waals surface area contributed by atoms with Gasteiger partial charge in [-0.1, -0.05) is 13.0 Å². The maximum atomic E-state index is 12.3. The number of ether oxygens (including phenoxy) is 1. The largest absolute Gasteiger partial charge is 0.492 e. The van der Waals surface area contributed by atoms with Crippen LogP contribution >= 0.6 is 12.4 Å². The summed E-state index contributed by atoms with van der Waals surface area (Å²) in [5.41, 5.74) is 8.36. The predicted molar refractivity (Wildman–Crippen MR) is 105 cm³/mol. The van der Waals surface area contributed by atoms with E-state index in [0.717, 1.165) is 25.3 Å². The summed E-state index contributed by atoms with van der Waals surface area (Å²) < 4.78 is 5.78. The lowest BCUT2D eigenvalue weighted by Gasteiger charge is -2.24. The van der Waals surface area contributed by atoms with Gasteiger partial charge in [-0.2, -0.15) is 0 Å². The number of carbonyl (C=O) groups excluding carboxylic acids is 1. The summed E-state index contributed by atoms with van der Waals surface area (Å²) in [6.45, 7) is 10.4. The number of rotatable bonds is 7. The van der Waals surface area contributed by atoms with Gasteiger partial charge in [0, 0.05) is 13.6 Å². The van der Waals surface area contributed by atoms with E-state index in [9.17, 15) is 4.79 Å². The Morgan fingerprint density at radius 3 is 2.52 bits per heavy atom. The van der Waals surface area contributed by atoms with Crippen LogP contribution in [0.25, 0.3) is 0 Å². The molecule has 5 nitrogen and oxygen atoms in total. The van der Waals surface area contributed by atoms with E-state index in [1.165, 1.54) is 11.1 Å². The highest BCUT2D eigenvalue weighted by Crippen LogP contribution is 2.28. The van der Waals surface area contributed by atoms with E-state index in [-0.39, 0.29) is 23.7 Å². The number of nitrogens with zero attached hydrogens (tertiary/aromatic N) is 2. The van der Waals surface area contributed by atoms with Crippen LogP contribution in [0.2, 0.25) is 0 Å². The van der Waals surface area contributed by atoms with Crippen molar-refractivity contribution in [2.24, 2.45) is 11.1 Å². The molecule has 0 aromatic heterocycles. The molecule has 2 rings (SSSR count). The average Bonchev–Trinajstić information content (AvgIpc) is 2.88. The Morgan fingerprint density at radius 1 is 1.32 bits per heavy atom. The number of likely N-dealkylation sites (N-methyl/N-ethyl adjacent to an activating group) is 1. The van der Waals surface area contributed by atoms with Gasteiger partial charge in [0.25, 0.3) is 0 Å². The summed E-state index contributed by atoms with van der Waals surface area (Å²) in [5, 5.41) is 0. The smallest absolute Gasteiger partial charge is 0.236 e. The van der Waals surface area contributed by atoms with Crippen molar-refractivity contribution in [3.05, 3.63) is 29.3 Å². The number of hydrogen-bond acceptors (Lipinski definition) is 4. The van der Waals surface area contributed by atoms with Gasteiger partial charge in [-0.15, -0.1) is 12.4 Å². The van der Waals surface area contributed by atoms with Crippen molar-refractivity contribution in [1.29, 1.82) is 0 Å². The zero-order valence-electron chi connectivity index (χ0n) is 15.9. The second kappa shape index (κ2) is 9.41. The van der Waals surface area contributed by atoms with Crippen molar-refractivity contribution in [3.63, 3.8) is 0 Å². The molecular formula is C19H32ClN3O2. The molecule has 1 heterocycles. The molecule has 1 fully saturated rings. The standard InChI is InChI=1S/C19H31N3O2.ClH/c1-15-9-16(2)11-17(10-15)24-8-7-21(4)18(23)12-22-6-5-19(3,13-20)14-22;/h9-11H,5-8,12-14,20H2,1-4H3;1H. The Kier molecular flexibility index (Phi) is 8.19. The first-order chi connectivity index (χ1) is 11.3. The van der Waals surface area contributed by atoms with Crippen molar-refractivity contribution < 1.29 is 9.53 Å². The minimum Gasteiger partial charge on any atom is -0.492 e. The Hall–Kier alpha value is -1.30. The first kappa shape index (κ1) is 21.7. The van der Waals surface area contributed by atoms with Crippen molar-refractivity contribution >= 4 is 18.3 Å². The fourth-order valence-electron chi connectivity index (χ4n) is 3.18. The zero-order chi connectivity index (χ0) is 17.7. The highest BCUT2D eigenvalue weighted by Gasteiger charge is 2.33. The third kappa shape index (κ3) is 6.49. The second-order valence-electron chi connectivity index (χ2n) is 7.46. The monoisotopic (exact) mass is 369 g/mol. The van der Waals surface area contributed by atoms with Crippen molar-refractivity contribution in [2.75, 3.05) is 46.4 Å². The predicted octanol–water partition coefficient (Wildman–Crippen LogP) is 2.23. The highest BCUT2D eigenvalue weighted by molar-refractivity contribution is 5.85. The Bertz CT molecular complexity index is 562. The van der Waals surface area contributed by atoms with E-state index in [4.69, 9.17) is 10.5 Å². The van der Waals surface area contributed by atoms with Crippen LogP contribution in [-0.2, 0) is 4.79 Å². The third-order valence-electron chi connectivity index (χ3n) is 4.80. The molecule has 2 N–H and O–H groups in total. The molecule has 0 aliphatic carbocycles. The number of benzene rings is 1. The van der Waals surface area contributed by atoms with Crippen LogP contribution in [0.1, 0.15) is 24.5 Å². The van der Waals surface area contributed by atoms with Gasteiger partial charge >= 0.3 is 0 Å². The number of aryl methyl sites for hydroxylation is 2. The normalized spacial score (nSPS) is 20.2. The lowest BCUT2D eigenvalue weighted by Crippen LogP contribution is -2.40. The molecule has 6 heteroatoms. The molecule has 0 saturated carbocycles. The van der Waals surface area contributed by atoms with Gasteiger partial charge in [-0.25, -0.2) is 0 Å². The number of carbonyl (C=O) groups is 1. The molecule has 0 radical (unpaired) electrons. The SMILES string of the molecule is Cc1cc(C)cc(OCCN(C)C(=O)CN2CCC(C)(CN)C2)c1.Cl. The number of amides is 1. The maximum absolute atomic E-state index is 12.3. The minimum atomic E-state index is 0. The molecule has 1 atom stereocenters. The molecule has 1 aliphatic heterocycles. The zero-order valence-corrected chi connectivity index (χ0v) is 16.7. The summed E-state index contributed by atoms with van der Waals surface area (Å²) in [5.74, 6) is 1.01. The van der Waals surface area contributed by atoms with Gasteiger partial charge in [0.2, 0.25) is 5.91 Å². The van der Waals surface area contributed by atoms with Gasteiger partial charge in [0.05, 0.1) is 13.1 Å². The highest BCUT2D eigenvalue weighted by atomic mass is 35.5. The van der Waals surface area contributed by atoms with Gasteiger partial charge in [0.1, 0.15) is 12.4 Å². The summed E-state index contributed by atoms with van der Waals surface area (Å²) in [6.07, 6.45) is 1.07. The van der Waals surface area contributed by atoms with Gasteiger partial charge in [-0.3, -0.25) is 9.69 Å². The molecule has 142 valence electrons. The summed E-state index contributed by atoms with van der Waals surface area (Å²) in [4.78, 5) is 16.3. The fraction of sp³-hybridized carbons (Fsp3) is 0.632. The molecule has 1 unspecified atom stereocenters. The molecule has 1 aliphatic rings. The summed E-state index contributed by atoms with van der Waals surface area (Å²) >= 11 is 0. The van der Waals surface area contributed by atoms with Gasteiger partial charge in [0.15, 0.2) is 0 Å². The summed E-state index contributed by atoms with van der Waals surface area (Å²) in [6, 6.07) is 6.16. The lowest BCUT2D eigenvalue weighted by molar-refractivity contribution is -0.131. The van der Waals surface area contributed by atoms with Crippen LogP contribution in [-0.4, -0.2) is 62.1 Å². The molecule has 0 bridgehead atoms. The molecule has 1 aromatic rings. The quantitative estimate of drug-likeness (QED) is 0.800. The van der Waals surface area contributed by atoms with E-state index in [2.05, 4.69) is 31.7 Å². The molecule has 25 heavy (non-hydrogen) atoms. The number of hydrogen-bond donors (Lipinski definition) is 1. The average molecular weight is 370 g/mol. The summed E-state index contributed by atoms with van der Waals surface area (Å²) in [7, 11) is 1.84. The molecule has 1 aromatic carbocycles. The molecule has 0 spiro atoms. The van der Waals surface area contributed by atoms with Crippen LogP contribution in [0, 0.1) is 19.3 Å². The van der Waals surface area contributed by atoms with Crippen molar-refractivity contribution in [2.45, 2.75) is 27.2 Å². The number of halogens is 1. The molecular weight excluding hydrogens is 338 g/mol. The van der Waals surface area contributed by atoms with E-state index in [1.54, 1.807) is 4.90 Å². The minimum absolute atomic E-state index is 0. The number of nitrogens with two attached hydrogens (primary N) is 1. The maximum Gasteiger partial charge on any atom is 0.236 e. The van der Waals surface area contributed by atoms with Crippen LogP contribution in [0.3, 0.4) is 0 Å². The van der Waals surface area contributed by atoms with Crippen molar-refractivity contribution in [1.82, 2.24) is 9.80 Å². The number of likely N-dealkylation sites (tertiary alicyclic amines) is 1. The van der Waals surface area contributed by atoms with Crippen LogP contribution in [0.4, 0.5) is 0 Å². The molecule has 1 saturated heterocycles. The Labute approximate surface area is 157 Å². The van der Waals surface area contributed by atoms with Crippen LogP contribution in [0.15, 0.2) is 18.2 Å².